The van der Waals surface area contributed by atoms with Gasteiger partial charge in [0, 0.05) is 5.56 Å². The third-order valence-corrected chi connectivity index (χ3v) is 3.88. The van der Waals surface area contributed by atoms with Gasteiger partial charge in [-0.1, -0.05) is 4.40 Å². The molecule has 0 aliphatic rings. The molecule has 0 aromatic carbocycles. The van der Waals surface area contributed by atoms with Crippen LogP contribution < -0.4 is 0 Å². The van der Waals surface area contributed by atoms with Crippen LogP contribution in [0.2, 0.25) is 0 Å². The van der Waals surface area contributed by atoms with Crippen molar-refractivity contribution in [2.45, 2.75) is 32.4 Å². The van der Waals surface area contributed by atoms with Crippen molar-refractivity contribution >= 4 is 33.0 Å². The molecule has 3 nitrogen and oxygen atoms in total. The third kappa shape index (κ3) is 4.04. The van der Waals surface area contributed by atoms with Gasteiger partial charge in [0.05, 0.1) is 11.9 Å². The van der Waals surface area contributed by atoms with E-state index in [4.69, 9.17) is 0 Å². The fourth-order valence-electron chi connectivity index (χ4n) is 1.00. The van der Waals surface area contributed by atoms with Gasteiger partial charge < -0.3 is 4.55 Å². The Morgan fingerprint density at radius 1 is 1.53 bits per heavy atom. The number of hydrogen-bond donors (Lipinski definition) is 0. The van der Waals surface area contributed by atoms with E-state index >= 15 is 0 Å². The molecule has 17 heavy (non-hydrogen) atoms. The Labute approximate surface area is 112 Å². The van der Waals surface area contributed by atoms with Crippen molar-refractivity contribution in [2.75, 3.05) is 0 Å². The number of hydrogen-bond acceptors (Lipinski definition) is 3. The number of pyridine rings is 1. The summed E-state index contributed by atoms with van der Waals surface area (Å²) in [7, 11) is 0. The van der Waals surface area contributed by atoms with E-state index in [0.29, 0.717) is 15.9 Å². The van der Waals surface area contributed by atoms with Gasteiger partial charge in [-0.15, -0.1) is 0 Å². The zero-order chi connectivity index (χ0) is 13.2. The van der Waals surface area contributed by atoms with E-state index in [0.717, 1.165) is 6.20 Å². The average molecular weight is 321 g/mol. The average Bonchev–Trinajstić information content (AvgIpc) is 2.20. The molecule has 0 radical (unpaired) electrons. The van der Waals surface area contributed by atoms with Crippen LogP contribution in [0.15, 0.2) is 21.3 Å². The van der Waals surface area contributed by atoms with E-state index in [2.05, 4.69) is 25.3 Å². The van der Waals surface area contributed by atoms with E-state index in [9.17, 15) is 8.94 Å². The van der Waals surface area contributed by atoms with Crippen molar-refractivity contribution < 1.29 is 8.94 Å². The Morgan fingerprint density at radius 2 is 2.12 bits per heavy atom. The standard InChI is InChI=1S/C11H14BrFN2OS/c1-7(15-17(16)11(2,3)4)8-5-10(12)14-6-9(8)13/h5-6H,1-4H3/b15-7+/t17-/m1/s1. The third-order valence-electron chi connectivity index (χ3n) is 1.96. The van der Waals surface area contributed by atoms with E-state index in [1.807, 2.05) is 20.8 Å². The molecular weight excluding hydrogens is 307 g/mol. The zero-order valence-corrected chi connectivity index (χ0v) is 12.5. The van der Waals surface area contributed by atoms with Gasteiger partial charge in [-0.05, 0) is 49.7 Å². The highest BCUT2D eigenvalue weighted by Gasteiger charge is 2.27. The fraction of sp³-hybridized carbons (Fsp3) is 0.455. The largest absolute Gasteiger partial charge is 0.591 e. The molecular formula is C11H14BrFN2OS. The SMILES string of the molecule is C/C(=N\[S@+]([O-])C(C)(C)C)c1cc(Br)ncc1F. The van der Waals surface area contributed by atoms with Crippen molar-refractivity contribution in [2.24, 2.45) is 4.40 Å². The highest BCUT2D eigenvalue weighted by molar-refractivity contribution is 9.10. The molecule has 0 aliphatic carbocycles. The smallest absolute Gasteiger partial charge is 0.150 e. The molecule has 1 heterocycles. The van der Waals surface area contributed by atoms with Gasteiger partial charge in [0.1, 0.15) is 20.7 Å². The molecule has 0 saturated heterocycles. The topological polar surface area (TPSA) is 48.3 Å². The summed E-state index contributed by atoms with van der Waals surface area (Å²) in [5.41, 5.74) is 0.711. The summed E-state index contributed by atoms with van der Waals surface area (Å²) in [4.78, 5) is 3.76. The number of aromatic nitrogens is 1. The molecule has 0 N–H and O–H groups in total. The first kappa shape index (κ1) is 14.6. The van der Waals surface area contributed by atoms with Crippen LogP contribution in [0.1, 0.15) is 33.3 Å². The van der Waals surface area contributed by atoms with E-state index in [1.165, 1.54) is 6.07 Å². The molecule has 6 heteroatoms. The lowest BCUT2D eigenvalue weighted by Gasteiger charge is -2.18. The Kier molecular flexibility index (Phi) is 4.69. The predicted molar refractivity (Wildman–Crippen MR) is 72.0 cm³/mol. The Balaban J connectivity index is 3.08. The van der Waals surface area contributed by atoms with Gasteiger partial charge in [-0.3, -0.25) is 0 Å². The first-order valence-electron chi connectivity index (χ1n) is 5.00. The van der Waals surface area contributed by atoms with Crippen LogP contribution in [0.4, 0.5) is 4.39 Å². The van der Waals surface area contributed by atoms with Crippen molar-refractivity contribution in [1.82, 2.24) is 4.98 Å². The summed E-state index contributed by atoms with van der Waals surface area (Å²) in [6.07, 6.45) is 1.11. The van der Waals surface area contributed by atoms with Gasteiger partial charge >= 0.3 is 0 Å². The summed E-state index contributed by atoms with van der Waals surface area (Å²) in [5.74, 6) is -0.472. The molecule has 1 aromatic heterocycles. The summed E-state index contributed by atoms with van der Waals surface area (Å²) in [5, 5.41) is 0. The highest BCUT2D eigenvalue weighted by Crippen LogP contribution is 2.20. The lowest BCUT2D eigenvalue weighted by molar-refractivity contribution is 0.561. The van der Waals surface area contributed by atoms with Crippen LogP contribution in [-0.2, 0) is 11.4 Å². The number of nitrogens with zero attached hydrogens (tertiary/aromatic N) is 2. The van der Waals surface area contributed by atoms with Crippen LogP contribution in [0, 0.1) is 5.82 Å². The molecule has 1 aromatic rings. The van der Waals surface area contributed by atoms with Gasteiger partial charge in [-0.2, -0.15) is 0 Å². The summed E-state index contributed by atoms with van der Waals surface area (Å²) in [6.45, 7) is 7.09. The normalized spacial score (nSPS) is 14.9. The fourth-order valence-corrected chi connectivity index (χ4v) is 1.95. The summed E-state index contributed by atoms with van der Waals surface area (Å²) < 4.78 is 29.4. The van der Waals surface area contributed by atoms with Gasteiger partial charge in [0.2, 0.25) is 0 Å². The maximum atomic E-state index is 13.5. The van der Waals surface area contributed by atoms with E-state index in [-0.39, 0.29) is 0 Å². The van der Waals surface area contributed by atoms with Crippen LogP contribution >= 0.6 is 15.9 Å². The van der Waals surface area contributed by atoms with Gasteiger partial charge in [0.15, 0.2) is 5.82 Å². The Morgan fingerprint density at radius 3 is 2.65 bits per heavy atom. The van der Waals surface area contributed by atoms with Crippen molar-refractivity contribution in [3.05, 3.63) is 28.2 Å². The molecule has 0 unspecified atom stereocenters. The minimum absolute atomic E-state index is 0.310. The van der Waals surface area contributed by atoms with E-state index in [1.54, 1.807) is 6.92 Å². The van der Waals surface area contributed by atoms with Crippen molar-refractivity contribution in [1.29, 1.82) is 0 Å². The molecule has 0 saturated carbocycles. The molecule has 94 valence electrons. The Bertz CT molecular complexity index is 446. The zero-order valence-electron chi connectivity index (χ0n) is 10.1. The quantitative estimate of drug-likeness (QED) is 0.477. The minimum Gasteiger partial charge on any atom is -0.591 e. The molecule has 0 spiro atoms. The molecule has 0 amide bonds. The highest BCUT2D eigenvalue weighted by atomic mass is 79.9. The van der Waals surface area contributed by atoms with Gasteiger partial charge in [-0.25, -0.2) is 9.37 Å². The second kappa shape index (κ2) is 5.46. The van der Waals surface area contributed by atoms with Crippen LogP contribution in [0.25, 0.3) is 0 Å². The second-order valence-corrected chi connectivity index (χ2v) is 7.24. The lowest BCUT2D eigenvalue weighted by atomic mass is 10.2. The van der Waals surface area contributed by atoms with Crippen LogP contribution in [0.3, 0.4) is 0 Å². The van der Waals surface area contributed by atoms with E-state index < -0.39 is 21.9 Å². The molecule has 0 bridgehead atoms. The van der Waals surface area contributed by atoms with Gasteiger partial charge in [0.25, 0.3) is 0 Å². The van der Waals surface area contributed by atoms with Crippen LogP contribution in [0.5, 0.6) is 0 Å². The summed E-state index contributed by atoms with van der Waals surface area (Å²) >= 11 is 1.76. The number of rotatable bonds is 2. The molecule has 1 rings (SSSR count). The number of halogens is 2. The first-order valence-corrected chi connectivity index (χ1v) is 6.90. The maximum Gasteiger partial charge on any atom is 0.150 e. The Hall–Kier alpha value is -0.460. The van der Waals surface area contributed by atoms with Crippen molar-refractivity contribution in [3.8, 4) is 0 Å². The van der Waals surface area contributed by atoms with Crippen LogP contribution in [-0.4, -0.2) is 20.0 Å². The second-order valence-electron chi connectivity index (χ2n) is 4.53. The maximum absolute atomic E-state index is 13.5. The first-order chi connectivity index (χ1) is 7.71. The molecule has 0 fully saturated rings. The molecule has 0 aliphatic heterocycles. The minimum atomic E-state index is -1.40. The van der Waals surface area contributed by atoms with Crippen molar-refractivity contribution in [3.63, 3.8) is 0 Å². The monoisotopic (exact) mass is 320 g/mol. The lowest BCUT2D eigenvalue weighted by Crippen LogP contribution is -2.26. The molecule has 1 atom stereocenters. The summed E-state index contributed by atoms with van der Waals surface area (Å²) in [6, 6.07) is 1.52. The predicted octanol–water partition coefficient (Wildman–Crippen LogP) is 3.25.